The summed E-state index contributed by atoms with van der Waals surface area (Å²) in [5, 5.41) is 4.11. The molecule has 18 heavy (non-hydrogen) atoms. The molecule has 1 unspecified atom stereocenters. The third-order valence-corrected chi connectivity index (χ3v) is 4.32. The second-order valence-electron chi connectivity index (χ2n) is 5.30. The molecule has 1 aromatic heterocycles. The molecule has 0 bridgehead atoms. The molecular formula is C13H23N3O2. The van der Waals surface area contributed by atoms with Crippen LogP contribution in [0.1, 0.15) is 58.2 Å². The summed E-state index contributed by atoms with van der Waals surface area (Å²) < 4.78 is 11.2. The Morgan fingerprint density at radius 2 is 2.11 bits per heavy atom. The summed E-state index contributed by atoms with van der Waals surface area (Å²) in [5.41, 5.74) is 5.32. The van der Waals surface area contributed by atoms with Gasteiger partial charge in [0, 0.05) is 13.2 Å². The standard InChI is InChI=1S/C13H23N3O2/c1-4-13(5-2,9-14)11-15-10(16-18-11)12(3)7-6-8-17-12/h4-9,14H2,1-3H3. The number of aromatic nitrogens is 2. The molecule has 0 aromatic carbocycles. The lowest BCUT2D eigenvalue weighted by Crippen LogP contribution is -2.34. The van der Waals surface area contributed by atoms with Gasteiger partial charge in [0.15, 0.2) is 0 Å². The summed E-state index contributed by atoms with van der Waals surface area (Å²) in [6.07, 6.45) is 3.79. The van der Waals surface area contributed by atoms with E-state index in [1.165, 1.54) is 0 Å². The molecule has 1 aromatic rings. The summed E-state index contributed by atoms with van der Waals surface area (Å²) in [5.74, 6) is 1.32. The number of nitrogens with zero attached hydrogens (tertiary/aromatic N) is 2. The van der Waals surface area contributed by atoms with Gasteiger partial charge in [-0.15, -0.1) is 0 Å². The van der Waals surface area contributed by atoms with Crippen molar-refractivity contribution in [2.75, 3.05) is 13.2 Å². The Bertz CT molecular complexity index is 384. The number of hydrogen-bond acceptors (Lipinski definition) is 5. The quantitative estimate of drug-likeness (QED) is 0.870. The van der Waals surface area contributed by atoms with Crippen molar-refractivity contribution in [2.24, 2.45) is 5.73 Å². The molecule has 0 radical (unpaired) electrons. The Morgan fingerprint density at radius 1 is 1.39 bits per heavy atom. The summed E-state index contributed by atoms with van der Waals surface area (Å²) in [4.78, 5) is 4.57. The highest BCUT2D eigenvalue weighted by Crippen LogP contribution is 2.36. The van der Waals surface area contributed by atoms with Gasteiger partial charge < -0.3 is 15.0 Å². The van der Waals surface area contributed by atoms with Crippen molar-refractivity contribution in [2.45, 2.75) is 57.5 Å². The average molecular weight is 253 g/mol. The molecule has 0 amide bonds. The zero-order valence-electron chi connectivity index (χ0n) is 11.5. The van der Waals surface area contributed by atoms with Crippen LogP contribution in [0.5, 0.6) is 0 Å². The predicted molar refractivity (Wildman–Crippen MR) is 68.2 cm³/mol. The third kappa shape index (κ3) is 2.06. The zero-order chi connectivity index (χ0) is 13.2. The molecule has 1 fully saturated rings. The smallest absolute Gasteiger partial charge is 0.234 e. The molecule has 0 aliphatic carbocycles. The Balaban J connectivity index is 2.29. The molecule has 2 rings (SSSR count). The predicted octanol–water partition coefficient (Wildman–Crippen LogP) is 2.11. The first-order valence-corrected chi connectivity index (χ1v) is 6.79. The first-order valence-electron chi connectivity index (χ1n) is 6.79. The van der Waals surface area contributed by atoms with Gasteiger partial charge in [-0.2, -0.15) is 4.98 Å². The second-order valence-corrected chi connectivity index (χ2v) is 5.30. The van der Waals surface area contributed by atoms with Gasteiger partial charge in [-0.1, -0.05) is 19.0 Å². The van der Waals surface area contributed by atoms with Crippen LogP contribution in [0.2, 0.25) is 0 Å². The zero-order valence-corrected chi connectivity index (χ0v) is 11.5. The molecule has 2 N–H and O–H groups in total. The molecule has 2 heterocycles. The average Bonchev–Trinajstić information content (AvgIpc) is 3.02. The maximum absolute atomic E-state index is 5.90. The maximum Gasteiger partial charge on any atom is 0.234 e. The summed E-state index contributed by atoms with van der Waals surface area (Å²) in [6.45, 7) is 7.53. The van der Waals surface area contributed by atoms with Crippen LogP contribution >= 0.6 is 0 Å². The first kappa shape index (κ1) is 13.5. The van der Waals surface area contributed by atoms with Gasteiger partial charge in [0.2, 0.25) is 11.7 Å². The van der Waals surface area contributed by atoms with E-state index in [1.54, 1.807) is 0 Å². The van der Waals surface area contributed by atoms with Crippen LogP contribution in [0.3, 0.4) is 0 Å². The number of ether oxygens (including phenoxy) is 1. The van der Waals surface area contributed by atoms with Gasteiger partial charge in [-0.3, -0.25) is 0 Å². The minimum absolute atomic E-state index is 0.194. The first-order chi connectivity index (χ1) is 8.60. The van der Waals surface area contributed by atoms with E-state index in [1.807, 2.05) is 6.92 Å². The largest absolute Gasteiger partial charge is 0.367 e. The number of hydrogen-bond donors (Lipinski definition) is 1. The van der Waals surface area contributed by atoms with E-state index in [0.717, 1.165) is 32.3 Å². The molecule has 5 nitrogen and oxygen atoms in total. The van der Waals surface area contributed by atoms with Crippen molar-refractivity contribution >= 4 is 0 Å². The van der Waals surface area contributed by atoms with E-state index in [9.17, 15) is 0 Å². The molecular weight excluding hydrogens is 230 g/mol. The van der Waals surface area contributed by atoms with Crippen molar-refractivity contribution in [1.82, 2.24) is 10.1 Å². The van der Waals surface area contributed by atoms with Crippen molar-refractivity contribution in [3.05, 3.63) is 11.7 Å². The minimum atomic E-state index is -0.385. The van der Waals surface area contributed by atoms with Crippen molar-refractivity contribution in [1.29, 1.82) is 0 Å². The molecule has 1 aliphatic heterocycles. The van der Waals surface area contributed by atoms with Crippen LogP contribution in [0, 0.1) is 0 Å². The fraction of sp³-hybridized carbons (Fsp3) is 0.846. The Morgan fingerprint density at radius 3 is 2.61 bits per heavy atom. The van der Waals surface area contributed by atoms with Gasteiger partial charge in [-0.25, -0.2) is 0 Å². The normalized spacial score (nSPS) is 24.7. The van der Waals surface area contributed by atoms with Crippen LogP contribution in [-0.2, 0) is 15.8 Å². The van der Waals surface area contributed by atoms with Crippen LogP contribution in [0.25, 0.3) is 0 Å². The molecule has 102 valence electrons. The molecule has 0 saturated carbocycles. The Hall–Kier alpha value is -0.940. The minimum Gasteiger partial charge on any atom is -0.367 e. The van der Waals surface area contributed by atoms with Crippen LogP contribution in [-0.4, -0.2) is 23.3 Å². The SMILES string of the molecule is CCC(CC)(CN)c1nc(C2(C)CCCO2)no1. The highest BCUT2D eigenvalue weighted by atomic mass is 16.5. The molecule has 0 spiro atoms. The summed E-state index contributed by atoms with van der Waals surface area (Å²) in [6, 6.07) is 0. The third-order valence-electron chi connectivity index (χ3n) is 4.32. The van der Waals surface area contributed by atoms with Crippen molar-refractivity contribution in [3.8, 4) is 0 Å². The maximum atomic E-state index is 5.90. The number of rotatable bonds is 5. The van der Waals surface area contributed by atoms with E-state index >= 15 is 0 Å². The van der Waals surface area contributed by atoms with Gasteiger partial charge in [0.05, 0.1) is 5.41 Å². The van der Waals surface area contributed by atoms with Crippen molar-refractivity contribution in [3.63, 3.8) is 0 Å². The van der Waals surface area contributed by atoms with Gasteiger partial charge in [0.25, 0.3) is 0 Å². The molecule has 1 saturated heterocycles. The monoisotopic (exact) mass is 253 g/mol. The van der Waals surface area contributed by atoms with Gasteiger partial charge >= 0.3 is 0 Å². The fourth-order valence-electron chi connectivity index (χ4n) is 2.54. The van der Waals surface area contributed by atoms with Gasteiger partial charge in [-0.05, 0) is 32.6 Å². The lowest BCUT2D eigenvalue weighted by Gasteiger charge is -2.25. The lowest BCUT2D eigenvalue weighted by atomic mass is 9.82. The van der Waals surface area contributed by atoms with Crippen LogP contribution in [0.15, 0.2) is 4.52 Å². The van der Waals surface area contributed by atoms with E-state index in [0.29, 0.717) is 18.3 Å². The highest BCUT2D eigenvalue weighted by molar-refractivity contribution is 5.09. The van der Waals surface area contributed by atoms with Crippen molar-refractivity contribution < 1.29 is 9.26 Å². The summed E-state index contributed by atoms with van der Waals surface area (Å²) >= 11 is 0. The molecule has 1 atom stereocenters. The van der Waals surface area contributed by atoms with Gasteiger partial charge in [0.1, 0.15) is 5.60 Å². The second kappa shape index (κ2) is 4.97. The lowest BCUT2D eigenvalue weighted by molar-refractivity contribution is 0.00768. The van der Waals surface area contributed by atoms with E-state index in [4.69, 9.17) is 15.0 Å². The highest BCUT2D eigenvalue weighted by Gasteiger charge is 2.40. The summed E-state index contributed by atoms with van der Waals surface area (Å²) in [7, 11) is 0. The fourth-order valence-corrected chi connectivity index (χ4v) is 2.54. The molecule has 5 heteroatoms. The van der Waals surface area contributed by atoms with E-state index in [-0.39, 0.29) is 11.0 Å². The Labute approximate surface area is 108 Å². The van der Waals surface area contributed by atoms with Crippen LogP contribution < -0.4 is 5.73 Å². The van der Waals surface area contributed by atoms with E-state index in [2.05, 4.69) is 24.0 Å². The number of nitrogens with two attached hydrogens (primary N) is 1. The topological polar surface area (TPSA) is 74.2 Å². The van der Waals surface area contributed by atoms with Crippen LogP contribution in [0.4, 0.5) is 0 Å². The van der Waals surface area contributed by atoms with E-state index < -0.39 is 0 Å². The Kier molecular flexibility index (Phi) is 3.73. The molecule has 1 aliphatic rings.